The molecule has 5 heteroatoms. The van der Waals surface area contributed by atoms with Crippen molar-refractivity contribution < 1.29 is 9.59 Å². The molecule has 2 rings (SSSR count). The van der Waals surface area contributed by atoms with Gasteiger partial charge < -0.3 is 15.1 Å². The van der Waals surface area contributed by atoms with Gasteiger partial charge in [0.1, 0.15) is 0 Å². The lowest BCUT2D eigenvalue weighted by molar-refractivity contribution is -0.118. The van der Waals surface area contributed by atoms with E-state index in [9.17, 15) is 9.59 Å². The largest absolute Gasteiger partial charge is 0.315 e. The summed E-state index contributed by atoms with van der Waals surface area (Å²) in [5, 5.41) is 2.83. The van der Waals surface area contributed by atoms with Crippen LogP contribution in [0.1, 0.15) is 5.56 Å². The van der Waals surface area contributed by atoms with Crippen molar-refractivity contribution in [3.63, 3.8) is 0 Å². The quantitative estimate of drug-likeness (QED) is 0.840. The van der Waals surface area contributed by atoms with Gasteiger partial charge in [0.2, 0.25) is 11.8 Å². The van der Waals surface area contributed by atoms with Crippen LogP contribution in [0.25, 0.3) is 0 Å². The van der Waals surface area contributed by atoms with Crippen molar-refractivity contribution >= 4 is 23.2 Å². The van der Waals surface area contributed by atoms with Gasteiger partial charge in [0, 0.05) is 25.5 Å². The molecule has 0 spiro atoms. The molecular formula is C13H17N3O2. The summed E-state index contributed by atoms with van der Waals surface area (Å²) < 4.78 is 0. The highest BCUT2D eigenvalue weighted by molar-refractivity contribution is 6.02. The molecule has 0 radical (unpaired) electrons. The molecule has 0 saturated carbocycles. The fourth-order valence-electron chi connectivity index (χ4n) is 2.08. The Morgan fingerprint density at radius 1 is 1.50 bits per heavy atom. The average molecular weight is 247 g/mol. The Kier molecular flexibility index (Phi) is 3.34. The average Bonchev–Trinajstić information content (AvgIpc) is 2.64. The minimum atomic E-state index is -0.00451. The Balaban J connectivity index is 2.25. The van der Waals surface area contributed by atoms with Crippen molar-refractivity contribution in [2.24, 2.45) is 0 Å². The van der Waals surface area contributed by atoms with E-state index in [-0.39, 0.29) is 11.8 Å². The summed E-state index contributed by atoms with van der Waals surface area (Å²) in [7, 11) is 5.24. The first-order valence-electron chi connectivity index (χ1n) is 5.85. The van der Waals surface area contributed by atoms with Crippen molar-refractivity contribution in [1.82, 2.24) is 5.32 Å². The minimum Gasteiger partial charge on any atom is -0.315 e. The second-order valence-corrected chi connectivity index (χ2v) is 4.43. The molecule has 1 aliphatic heterocycles. The van der Waals surface area contributed by atoms with Gasteiger partial charge >= 0.3 is 0 Å². The number of likely N-dealkylation sites (N-methyl/N-ethyl adjacent to an activating group) is 3. The van der Waals surface area contributed by atoms with E-state index in [2.05, 4.69) is 5.32 Å². The van der Waals surface area contributed by atoms with Gasteiger partial charge in [-0.05, 0) is 30.8 Å². The van der Waals surface area contributed by atoms with Crippen LogP contribution in [0.4, 0.5) is 11.4 Å². The van der Waals surface area contributed by atoms with Gasteiger partial charge in [-0.3, -0.25) is 9.59 Å². The predicted octanol–water partition coefficient (Wildman–Crippen LogP) is 0.388. The first-order valence-corrected chi connectivity index (χ1v) is 5.85. The van der Waals surface area contributed by atoms with E-state index >= 15 is 0 Å². The molecule has 0 unspecified atom stereocenters. The minimum absolute atomic E-state index is 0.00451. The fraction of sp³-hybridized carbons (Fsp3) is 0.385. The number of rotatable bonds is 3. The molecule has 0 saturated heterocycles. The van der Waals surface area contributed by atoms with Crippen molar-refractivity contribution in [1.29, 1.82) is 0 Å². The molecule has 5 nitrogen and oxygen atoms in total. The highest BCUT2D eigenvalue weighted by Crippen LogP contribution is 2.30. The van der Waals surface area contributed by atoms with Gasteiger partial charge in [-0.1, -0.05) is 0 Å². The standard InChI is InChI=1S/C13H17N3O2/c1-14-8-13(18)15(2)10-4-5-11-9(6-10)7-12(17)16(11)3/h4-6,14H,7-8H2,1-3H3. The van der Waals surface area contributed by atoms with Crippen molar-refractivity contribution in [3.8, 4) is 0 Å². The van der Waals surface area contributed by atoms with Crippen LogP contribution in [0.2, 0.25) is 0 Å². The van der Waals surface area contributed by atoms with Crippen molar-refractivity contribution in [3.05, 3.63) is 23.8 Å². The predicted molar refractivity (Wildman–Crippen MR) is 70.9 cm³/mol. The van der Waals surface area contributed by atoms with Crippen LogP contribution in [0.3, 0.4) is 0 Å². The number of fused-ring (bicyclic) bond motifs is 1. The van der Waals surface area contributed by atoms with Gasteiger partial charge in [-0.15, -0.1) is 0 Å². The van der Waals surface area contributed by atoms with E-state index in [1.54, 1.807) is 30.9 Å². The van der Waals surface area contributed by atoms with Crippen LogP contribution in [0.5, 0.6) is 0 Å². The van der Waals surface area contributed by atoms with Gasteiger partial charge in [0.05, 0.1) is 13.0 Å². The number of carbonyl (C=O) groups excluding carboxylic acids is 2. The summed E-state index contributed by atoms with van der Waals surface area (Å²) in [6.07, 6.45) is 0.410. The van der Waals surface area contributed by atoms with Crippen molar-refractivity contribution in [2.75, 3.05) is 37.5 Å². The Labute approximate surface area is 106 Å². The lowest BCUT2D eigenvalue weighted by Crippen LogP contribution is -2.34. The van der Waals surface area contributed by atoms with Crippen LogP contribution < -0.4 is 15.1 Å². The second kappa shape index (κ2) is 4.78. The molecule has 0 aliphatic carbocycles. The Hall–Kier alpha value is -1.88. The maximum Gasteiger partial charge on any atom is 0.240 e. The molecule has 0 atom stereocenters. The number of carbonyl (C=O) groups is 2. The third-order valence-corrected chi connectivity index (χ3v) is 3.23. The highest BCUT2D eigenvalue weighted by atomic mass is 16.2. The number of nitrogens with zero attached hydrogens (tertiary/aromatic N) is 2. The summed E-state index contributed by atoms with van der Waals surface area (Å²) >= 11 is 0. The highest BCUT2D eigenvalue weighted by Gasteiger charge is 2.24. The molecular weight excluding hydrogens is 230 g/mol. The summed E-state index contributed by atoms with van der Waals surface area (Å²) in [4.78, 5) is 26.6. The summed E-state index contributed by atoms with van der Waals surface area (Å²) in [6, 6.07) is 5.66. The summed E-state index contributed by atoms with van der Waals surface area (Å²) in [5.41, 5.74) is 2.72. The number of anilines is 2. The van der Waals surface area contributed by atoms with E-state index in [0.717, 1.165) is 16.9 Å². The Bertz CT molecular complexity index is 499. The lowest BCUT2D eigenvalue weighted by Gasteiger charge is -2.18. The molecule has 0 bridgehead atoms. The number of nitrogens with one attached hydrogen (secondary N) is 1. The van der Waals surface area contributed by atoms with Gasteiger partial charge in [0.15, 0.2) is 0 Å². The molecule has 18 heavy (non-hydrogen) atoms. The molecule has 96 valence electrons. The smallest absolute Gasteiger partial charge is 0.240 e. The Morgan fingerprint density at radius 3 is 2.89 bits per heavy atom. The zero-order chi connectivity index (χ0) is 13.3. The van der Waals surface area contributed by atoms with Crippen LogP contribution in [-0.2, 0) is 16.0 Å². The van der Waals surface area contributed by atoms with Crippen LogP contribution in [-0.4, -0.2) is 39.5 Å². The van der Waals surface area contributed by atoms with E-state index in [0.29, 0.717) is 13.0 Å². The maximum absolute atomic E-state index is 11.8. The molecule has 2 amide bonds. The lowest BCUT2D eigenvalue weighted by atomic mass is 10.1. The fourth-order valence-corrected chi connectivity index (χ4v) is 2.08. The van der Waals surface area contributed by atoms with Gasteiger partial charge in [-0.25, -0.2) is 0 Å². The van der Waals surface area contributed by atoms with Crippen molar-refractivity contribution in [2.45, 2.75) is 6.42 Å². The van der Waals surface area contributed by atoms with Crippen LogP contribution in [0.15, 0.2) is 18.2 Å². The second-order valence-electron chi connectivity index (χ2n) is 4.43. The molecule has 1 heterocycles. The normalized spacial score (nSPS) is 13.7. The third-order valence-electron chi connectivity index (χ3n) is 3.23. The molecule has 1 N–H and O–H groups in total. The zero-order valence-electron chi connectivity index (χ0n) is 10.9. The summed E-state index contributed by atoms with van der Waals surface area (Å²) in [5.74, 6) is 0.0847. The molecule has 1 aliphatic rings. The Morgan fingerprint density at radius 2 is 2.22 bits per heavy atom. The van der Waals surface area contributed by atoms with E-state index < -0.39 is 0 Å². The molecule has 1 aromatic rings. The monoisotopic (exact) mass is 247 g/mol. The number of hydrogen-bond acceptors (Lipinski definition) is 3. The van der Waals surface area contributed by atoms with Crippen LogP contribution in [0, 0.1) is 0 Å². The summed E-state index contributed by atoms with van der Waals surface area (Å²) in [6.45, 7) is 0.298. The SMILES string of the molecule is CNCC(=O)N(C)c1ccc2c(c1)CC(=O)N2C. The van der Waals surface area contributed by atoms with E-state index in [4.69, 9.17) is 0 Å². The molecule has 0 fully saturated rings. The van der Waals surface area contributed by atoms with Gasteiger partial charge in [-0.2, -0.15) is 0 Å². The first kappa shape index (κ1) is 12.6. The zero-order valence-corrected chi connectivity index (χ0v) is 10.9. The van der Waals surface area contributed by atoms with Gasteiger partial charge in [0.25, 0.3) is 0 Å². The van der Waals surface area contributed by atoms with E-state index in [1.165, 1.54) is 0 Å². The maximum atomic E-state index is 11.8. The van der Waals surface area contributed by atoms with E-state index in [1.807, 2.05) is 18.2 Å². The first-order chi connectivity index (χ1) is 8.54. The number of benzene rings is 1. The third kappa shape index (κ3) is 2.09. The molecule has 1 aromatic carbocycles. The molecule has 0 aromatic heterocycles. The number of hydrogen-bond donors (Lipinski definition) is 1. The topological polar surface area (TPSA) is 52.7 Å². The van der Waals surface area contributed by atoms with Crippen LogP contribution >= 0.6 is 0 Å². The number of amides is 2.